The van der Waals surface area contributed by atoms with Crippen LogP contribution in [0.4, 0.5) is 17.1 Å². The molecular formula is C23H25N3O2S. The number of hydrogen-bond donors (Lipinski definition) is 3. The van der Waals surface area contributed by atoms with Crippen LogP contribution in [-0.4, -0.2) is 27.0 Å². The van der Waals surface area contributed by atoms with E-state index in [1.807, 2.05) is 43.4 Å². The highest BCUT2D eigenvalue weighted by atomic mass is 32.2. The van der Waals surface area contributed by atoms with Crippen molar-refractivity contribution < 1.29 is 8.98 Å². The third-order valence-electron chi connectivity index (χ3n) is 4.64. The molecular weight excluding hydrogens is 382 g/mol. The molecule has 0 atom stereocenters. The highest BCUT2D eigenvalue weighted by Crippen LogP contribution is 2.30. The predicted molar refractivity (Wildman–Crippen MR) is 124 cm³/mol. The maximum atomic E-state index is 10.5. The highest BCUT2D eigenvalue weighted by Gasteiger charge is 2.12. The van der Waals surface area contributed by atoms with Gasteiger partial charge in [0, 0.05) is 24.8 Å². The quantitative estimate of drug-likeness (QED) is 0.286. The molecule has 0 radical (unpaired) electrons. The Bertz CT molecular complexity index is 948. The number of anilines is 3. The van der Waals surface area contributed by atoms with Crippen LogP contribution in [0.15, 0.2) is 66.7 Å². The number of fused-ring (bicyclic) bond motifs is 1. The molecule has 3 aromatic carbocycles. The molecule has 0 aliphatic carbocycles. The van der Waals surface area contributed by atoms with Crippen LogP contribution in [0.3, 0.4) is 0 Å². The third-order valence-corrected chi connectivity index (χ3v) is 5.11. The molecule has 29 heavy (non-hydrogen) atoms. The summed E-state index contributed by atoms with van der Waals surface area (Å²) in [5.74, 6) is 0. The van der Waals surface area contributed by atoms with E-state index in [9.17, 15) is 4.79 Å². The monoisotopic (exact) mass is 407 g/mol. The first-order valence-electron chi connectivity index (χ1n) is 9.40. The van der Waals surface area contributed by atoms with Crippen molar-refractivity contribution >= 4 is 35.6 Å². The third kappa shape index (κ3) is 5.31. The molecule has 0 fully saturated rings. The maximum absolute atomic E-state index is 10.5. The molecule has 150 valence electrons. The lowest BCUT2D eigenvalue weighted by Gasteiger charge is -2.12. The molecule has 3 N–H and O–H groups in total. The molecule has 0 spiro atoms. The minimum absolute atomic E-state index is 0.778. The van der Waals surface area contributed by atoms with Crippen molar-refractivity contribution in [1.82, 2.24) is 0 Å². The van der Waals surface area contributed by atoms with E-state index in [4.69, 9.17) is 4.18 Å². The van der Waals surface area contributed by atoms with E-state index in [0.29, 0.717) is 0 Å². The van der Waals surface area contributed by atoms with Crippen molar-refractivity contribution in [2.45, 2.75) is 6.42 Å². The smallest absolute Gasteiger partial charge is 0.152 e. The van der Waals surface area contributed by atoms with Crippen molar-refractivity contribution in [2.24, 2.45) is 0 Å². The minimum atomic E-state index is 0.778. The van der Waals surface area contributed by atoms with Gasteiger partial charge in [-0.2, -0.15) is 0 Å². The Kier molecular flexibility index (Phi) is 7.55. The molecule has 1 heterocycles. The Morgan fingerprint density at radius 3 is 2.55 bits per heavy atom. The average Bonchev–Trinajstić information content (AvgIpc) is 3.27. The summed E-state index contributed by atoms with van der Waals surface area (Å²) in [6, 6.07) is 22.4. The first-order chi connectivity index (χ1) is 14.3. The zero-order valence-corrected chi connectivity index (χ0v) is 17.4. The van der Waals surface area contributed by atoms with Gasteiger partial charge in [0.25, 0.3) is 0 Å². The van der Waals surface area contributed by atoms with E-state index in [0.717, 1.165) is 41.9 Å². The molecule has 0 aromatic heterocycles. The molecule has 1 aliphatic rings. The predicted octanol–water partition coefficient (Wildman–Crippen LogP) is 5.48. The van der Waals surface area contributed by atoms with Gasteiger partial charge in [-0.25, -0.2) is 0 Å². The second-order valence-electron chi connectivity index (χ2n) is 6.40. The molecule has 0 saturated carbocycles. The Hall–Kier alpha value is -2.96. The number of rotatable bonds is 6. The lowest BCUT2D eigenvalue weighted by atomic mass is 10.0. The van der Waals surface area contributed by atoms with Crippen molar-refractivity contribution in [3.63, 3.8) is 0 Å². The molecule has 6 heteroatoms. The van der Waals surface area contributed by atoms with Crippen molar-refractivity contribution in [3.8, 4) is 11.1 Å². The second-order valence-corrected chi connectivity index (χ2v) is 7.11. The van der Waals surface area contributed by atoms with Crippen LogP contribution in [-0.2, 0) is 10.6 Å². The van der Waals surface area contributed by atoms with Crippen molar-refractivity contribution in [2.75, 3.05) is 36.1 Å². The van der Waals surface area contributed by atoms with E-state index in [1.54, 1.807) is 7.11 Å². The van der Waals surface area contributed by atoms with E-state index in [1.165, 1.54) is 28.9 Å². The van der Waals surface area contributed by atoms with Gasteiger partial charge in [-0.15, -0.1) is 0 Å². The lowest BCUT2D eigenvalue weighted by molar-refractivity contribution is 0.112. The number of carbonyl (C=O) groups is 1. The summed E-state index contributed by atoms with van der Waals surface area (Å²) in [7, 11) is 3.54. The normalized spacial score (nSPS) is 11.5. The Morgan fingerprint density at radius 2 is 1.83 bits per heavy atom. The minimum Gasteiger partial charge on any atom is -0.386 e. The summed E-state index contributed by atoms with van der Waals surface area (Å²) in [4.78, 5) is 10.5. The largest absolute Gasteiger partial charge is 0.386 e. The fourth-order valence-corrected chi connectivity index (χ4v) is 3.55. The van der Waals surface area contributed by atoms with E-state index in [-0.39, 0.29) is 0 Å². The Balaban J connectivity index is 0.000000186. The summed E-state index contributed by atoms with van der Waals surface area (Å²) < 4.78 is 8.06. The molecule has 0 unspecified atom stereocenters. The molecule has 5 nitrogen and oxygen atoms in total. The number of aldehydes is 1. The van der Waals surface area contributed by atoms with Crippen LogP contribution < -0.4 is 15.4 Å². The zero-order chi connectivity index (χ0) is 20.5. The number of para-hydroxylation sites is 1. The first kappa shape index (κ1) is 20.8. The zero-order valence-electron chi connectivity index (χ0n) is 16.6. The summed E-state index contributed by atoms with van der Waals surface area (Å²) in [6.07, 6.45) is 1.94. The molecule has 1 aliphatic heterocycles. The number of benzene rings is 3. The number of carbonyl (C=O) groups excluding carboxylic acids is 1. The summed E-state index contributed by atoms with van der Waals surface area (Å²) in [6.45, 7) is 0.959. The molecule has 0 amide bonds. The van der Waals surface area contributed by atoms with Crippen LogP contribution >= 0.6 is 12.2 Å². The van der Waals surface area contributed by atoms with Gasteiger partial charge in [-0.05, 0) is 41.3 Å². The summed E-state index contributed by atoms with van der Waals surface area (Å²) in [5.41, 5.74) is 7.51. The van der Waals surface area contributed by atoms with E-state index < -0.39 is 0 Å². The Morgan fingerprint density at radius 1 is 1.00 bits per heavy atom. The van der Waals surface area contributed by atoms with E-state index >= 15 is 0 Å². The Labute approximate surface area is 176 Å². The maximum Gasteiger partial charge on any atom is 0.152 e. The average molecular weight is 408 g/mol. The van der Waals surface area contributed by atoms with Crippen molar-refractivity contribution in [3.05, 3.63) is 77.9 Å². The van der Waals surface area contributed by atoms with Crippen LogP contribution in [0.2, 0.25) is 0 Å². The first-order valence-corrected chi connectivity index (χ1v) is 10.1. The van der Waals surface area contributed by atoms with Gasteiger partial charge in [0.15, 0.2) is 6.29 Å². The fraction of sp³-hybridized carbons (Fsp3) is 0.174. The summed E-state index contributed by atoms with van der Waals surface area (Å²) >= 11 is 1.20. The van der Waals surface area contributed by atoms with Gasteiger partial charge in [0.2, 0.25) is 0 Å². The van der Waals surface area contributed by atoms with Gasteiger partial charge in [-0.3, -0.25) is 4.79 Å². The SMILES string of the molecule is CNc1cc(-c2ccccc2)ccc1NSOC.O=Cc1cccc2c1NCC2. The highest BCUT2D eigenvalue weighted by molar-refractivity contribution is 7.96. The molecule has 0 saturated heterocycles. The van der Waals surface area contributed by atoms with Gasteiger partial charge in [0.05, 0.1) is 18.5 Å². The van der Waals surface area contributed by atoms with E-state index in [2.05, 4.69) is 45.7 Å². The molecule has 0 bridgehead atoms. The van der Waals surface area contributed by atoms with Crippen LogP contribution in [0.5, 0.6) is 0 Å². The van der Waals surface area contributed by atoms with Gasteiger partial charge in [-0.1, -0.05) is 48.5 Å². The van der Waals surface area contributed by atoms with Gasteiger partial charge in [0.1, 0.15) is 12.2 Å². The van der Waals surface area contributed by atoms with Crippen LogP contribution in [0, 0.1) is 0 Å². The number of hydrogen-bond acceptors (Lipinski definition) is 6. The lowest BCUT2D eigenvalue weighted by Crippen LogP contribution is -1.96. The standard InChI is InChI=1S/C14H16N2OS.C9H9NO/c1-15-14-10-12(11-6-4-3-5-7-11)8-9-13(14)16-18-17-2;11-6-8-3-1-2-7-4-5-10-9(7)8/h3-10,15-16H,1-2H3;1-3,6,10H,4-5H2. The van der Waals surface area contributed by atoms with Gasteiger partial charge >= 0.3 is 0 Å². The second kappa shape index (κ2) is 10.5. The van der Waals surface area contributed by atoms with Crippen molar-refractivity contribution in [1.29, 1.82) is 0 Å². The topological polar surface area (TPSA) is 62.4 Å². The molecule has 3 aromatic rings. The fourth-order valence-electron chi connectivity index (χ4n) is 3.20. The number of nitrogens with one attached hydrogen (secondary N) is 3. The summed E-state index contributed by atoms with van der Waals surface area (Å²) in [5, 5.41) is 6.37. The van der Waals surface area contributed by atoms with Crippen LogP contribution in [0.25, 0.3) is 11.1 Å². The van der Waals surface area contributed by atoms with Gasteiger partial charge < -0.3 is 19.5 Å². The van der Waals surface area contributed by atoms with Crippen LogP contribution in [0.1, 0.15) is 15.9 Å². The molecule has 4 rings (SSSR count).